The van der Waals surface area contributed by atoms with E-state index in [0.717, 1.165) is 55.3 Å². The molecule has 6 rings (SSSR count). The van der Waals surface area contributed by atoms with E-state index in [1.54, 1.807) is 22.0 Å². The Morgan fingerprint density at radius 3 is 2.42 bits per heavy atom. The smallest absolute Gasteiger partial charge is 0.276 e. The summed E-state index contributed by atoms with van der Waals surface area (Å²) in [5.74, 6) is -1.34. The van der Waals surface area contributed by atoms with Crippen LogP contribution in [-0.2, 0) is 10.3 Å². The van der Waals surface area contributed by atoms with Gasteiger partial charge in [-0.2, -0.15) is 5.10 Å². The molecule has 14 heteroatoms. The predicted octanol–water partition coefficient (Wildman–Crippen LogP) is 6.81. The van der Waals surface area contributed by atoms with Crippen molar-refractivity contribution in [1.29, 1.82) is 0 Å². The first kappa shape index (κ1) is 32.0. The molecule has 45 heavy (non-hydrogen) atoms. The number of rotatable bonds is 7. The predicted molar refractivity (Wildman–Crippen MR) is 163 cm³/mol. The number of alkyl halides is 2. The molecule has 1 aliphatic heterocycles. The molecule has 0 spiro atoms. The van der Waals surface area contributed by atoms with Crippen molar-refractivity contribution in [2.45, 2.75) is 71.8 Å². The number of hydrogen-bond donors (Lipinski definition) is 1. The molecule has 2 aliphatic rings. The maximum absolute atomic E-state index is 14.9. The molecular weight excluding hydrogens is 609 g/mol. The summed E-state index contributed by atoms with van der Waals surface area (Å²) in [6, 6.07) is 2.06. The molecule has 1 N–H and O–H groups in total. The van der Waals surface area contributed by atoms with Gasteiger partial charge in [0, 0.05) is 47.7 Å². The van der Waals surface area contributed by atoms with E-state index in [0.29, 0.717) is 24.6 Å². The van der Waals surface area contributed by atoms with E-state index in [4.69, 9.17) is 11.6 Å². The zero-order valence-corrected chi connectivity index (χ0v) is 26.0. The SMILES string of the molecule is CC.Cc1nc(N2CCCC2=O)ncc1C1(n2cc(NC(=O)c3nc(-c4c(C(F)F)ccc(Cl)c4F)cnc3C)cn2)CCC1. The summed E-state index contributed by atoms with van der Waals surface area (Å²) in [6.07, 6.45) is 6.82. The minimum absolute atomic E-state index is 0.00981. The lowest BCUT2D eigenvalue weighted by Crippen LogP contribution is -2.43. The standard InChI is InChI=1S/C29H26ClF3N8O2.C2H6/c1-15-19(12-35-28(37-15)40-10-3-5-22(40)42)29(8-4-9-29)41-14-17(11-36-41)38-27(43)25-16(2)34-13-21(39-25)23-18(26(32)33)6-7-20(30)24(23)31;1-2/h6-7,11-14,26H,3-5,8-10H2,1-2H3,(H,38,43);1-2H3. The van der Waals surface area contributed by atoms with Gasteiger partial charge in [-0.05, 0) is 45.6 Å². The Morgan fingerprint density at radius 1 is 1.04 bits per heavy atom. The summed E-state index contributed by atoms with van der Waals surface area (Å²) in [5.41, 5.74) is 0.139. The van der Waals surface area contributed by atoms with E-state index < -0.39 is 34.8 Å². The third-order valence-electron chi connectivity index (χ3n) is 8.03. The lowest BCUT2D eigenvalue weighted by Gasteiger charge is -2.42. The highest BCUT2D eigenvalue weighted by atomic mass is 35.5. The maximum atomic E-state index is 14.9. The van der Waals surface area contributed by atoms with Crippen molar-refractivity contribution in [2.24, 2.45) is 0 Å². The molecule has 0 radical (unpaired) electrons. The number of nitrogens with zero attached hydrogens (tertiary/aromatic N) is 7. The molecule has 0 bridgehead atoms. The number of amides is 2. The van der Waals surface area contributed by atoms with Gasteiger partial charge >= 0.3 is 0 Å². The number of aromatic nitrogens is 6. The van der Waals surface area contributed by atoms with Crippen molar-refractivity contribution in [3.8, 4) is 11.3 Å². The Labute approximate surface area is 263 Å². The van der Waals surface area contributed by atoms with Crippen molar-refractivity contribution in [1.82, 2.24) is 29.7 Å². The minimum atomic E-state index is -3.00. The number of carbonyl (C=O) groups is 2. The Kier molecular flexibility index (Phi) is 9.19. The number of anilines is 2. The third kappa shape index (κ3) is 5.88. The fourth-order valence-electron chi connectivity index (χ4n) is 5.64. The Morgan fingerprint density at radius 2 is 1.80 bits per heavy atom. The summed E-state index contributed by atoms with van der Waals surface area (Å²) in [6.45, 7) is 8.01. The molecule has 1 saturated carbocycles. The number of nitrogens with one attached hydrogen (secondary N) is 1. The van der Waals surface area contributed by atoms with Gasteiger partial charge in [0.25, 0.3) is 12.3 Å². The van der Waals surface area contributed by atoms with Crippen LogP contribution in [-0.4, -0.2) is 48.1 Å². The summed E-state index contributed by atoms with van der Waals surface area (Å²) in [5, 5.41) is 6.90. The molecular formula is C31H32ClF3N8O2. The van der Waals surface area contributed by atoms with Crippen LogP contribution in [0.15, 0.2) is 36.9 Å². The molecule has 1 aromatic carbocycles. The first-order chi connectivity index (χ1) is 21.6. The summed E-state index contributed by atoms with van der Waals surface area (Å²) < 4.78 is 44.0. The molecule has 2 amide bonds. The topological polar surface area (TPSA) is 119 Å². The van der Waals surface area contributed by atoms with Crippen LogP contribution in [0, 0.1) is 19.7 Å². The average molecular weight is 641 g/mol. The number of aryl methyl sites for hydroxylation is 2. The molecule has 1 aliphatic carbocycles. The highest BCUT2D eigenvalue weighted by Crippen LogP contribution is 2.46. The van der Waals surface area contributed by atoms with E-state index >= 15 is 0 Å². The van der Waals surface area contributed by atoms with Crippen LogP contribution in [0.2, 0.25) is 5.02 Å². The quantitative estimate of drug-likeness (QED) is 0.236. The molecule has 3 aromatic heterocycles. The molecule has 4 aromatic rings. The molecule has 2 fully saturated rings. The largest absolute Gasteiger partial charge is 0.318 e. The van der Waals surface area contributed by atoms with Gasteiger partial charge < -0.3 is 5.32 Å². The summed E-state index contributed by atoms with van der Waals surface area (Å²) in [7, 11) is 0. The lowest BCUT2D eigenvalue weighted by molar-refractivity contribution is -0.117. The normalized spacial score (nSPS) is 15.5. The van der Waals surface area contributed by atoms with Crippen LogP contribution in [0.5, 0.6) is 0 Å². The second-order valence-electron chi connectivity index (χ2n) is 10.6. The maximum Gasteiger partial charge on any atom is 0.276 e. The fraction of sp³-hybridized carbons (Fsp3) is 0.387. The van der Waals surface area contributed by atoms with E-state index in [1.807, 2.05) is 20.8 Å². The second-order valence-corrected chi connectivity index (χ2v) is 11.1. The van der Waals surface area contributed by atoms with Crippen molar-refractivity contribution in [3.63, 3.8) is 0 Å². The minimum Gasteiger partial charge on any atom is -0.318 e. The van der Waals surface area contributed by atoms with Gasteiger partial charge in [0.2, 0.25) is 11.9 Å². The van der Waals surface area contributed by atoms with E-state index in [9.17, 15) is 22.8 Å². The summed E-state index contributed by atoms with van der Waals surface area (Å²) >= 11 is 5.85. The molecule has 4 heterocycles. The average Bonchev–Trinajstić information content (AvgIpc) is 3.65. The fourth-order valence-corrected chi connectivity index (χ4v) is 5.80. The summed E-state index contributed by atoms with van der Waals surface area (Å²) in [4.78, 5) is 44.5. The Balaban J connectivity index is 0.00000196. The number of carbonyl (C=O) groups excluding carboxylic acids is 2. The lowest BCUT2D eigenvalue weighted by atomic mass is 9.72. The monoisotopic (exact) mass is 640 g/mol. The highest BCUT2D eigenvalue weighted by Gasteiger charge is 2.43. The zero-order valence-electron chi connectivity index (χ0n) is 25.2. The third-order valence-corrected chi connectivity index (χ3v) is 8.32. The first-order valence-corrected chi connectivity index (χ1v) is 15.1. The van der Waals surface area contributed by atoms with E-state index in [-0.39, 0.29) is 28.0 Å². The Hall–Kier alpha value is -4.39. The van der Waals surface area contributed by atoms with Crippen molar-refractivity contribution in [2.75, 3.05) is 16.8 Å². The Bertz CT molecular complexity index is 1760. The van der Waals surface area contributed by atoms with E-state index in [1.165, 1.54) is 13.1 Å². The van der Waals surface area contributed by atoms with Crippen LogP contribution in [0.4, 0.5) is 24.8 Å². The molecule has 1 saturated heterocycles. The van der Waals surface area contributed by atoms with Gasteiger partial charge in [0.1, 0.15) is 5.69 Å². The van der Waals surface area contributed by atoms with E-state index in [2.05, 4.69) is 30.4 Å². The molecule has 236 valence electrons. The highest BCUT2D eigenvalue weighted by molar-refractivity contribution is 6.31. The van der Waals surface area contributed by atoms with Gasteiger partial charge in [0.05, 0.1) is 40.0 Å². The zero-order chi connectivity index (χ0) is 32.5. The molecule has 0 unspecified atom stereocenters. The number of hydrogen-bond acceptors (Lipinski definition) is 7. The number of benzene rings is 1. The van der Waals surface area contributed by atoms with Crippen molar-refractivity contribution in [3.05, 3.63) is 76.0 Å². The van der Waals surface area contributed by atoms with Gasteiger partial charge in [-0.25, -0.2) is 28.1 Å². The second kappa shape index (κ2) is 12.9. The number of halogens is 4. The first-order valence-electron chi connectivity index (χ1n) is 14.7. The van der Waals surface area contributed by atoms with Crippen molar-refractivity contribution < 1.29 is 22.8 Å². The van der Waals surface area contributed by atoms with Gasteiger partial charge in [0.15, 0.2) is 5.82 Å². The van der Waals surface area contributed by atoms with Gasteiger partial charge in [-0.15, -0.1) is 0 Å². The van der Waals surface area contributed by atoms with Crippen LogP contribution >= 0.6 is 11.6 Å². The van der Waals surface area contributed by atoms with Crippen LogP contribution in [0.1, 0.15) is 85.4 Å². The van der Waals surface area contributed by atoms with Crippen LogP contribution < -0.4 is 10.2 Å². The molecule has 0 atom stereocenters. The van der Waals surface area contributed by atoms with Gasteiger partial charge in [-0.3, -0.25) is 24.2 Å². The van der Waals surface area contributed by atoms with Crippen molar-refractivity contribution >= 4 is 35.1 Å². The van der Waals surface area contributed by atoms with Gasteiger partial charge in [-0.1, -0.05) is 31.5 Å². The van der Waals surface area contributed by atoms with Crippen LogP contribution in [0.3, 0.4) is 0 Å². The molecule has 10 nitrogen and oxygen atoms in total. The van der Waals surface area contributed by atoms with Crippen LogP contribution in [0.25, 0.3) is 11.3 Å².